The summed E-state index contributed by atoms with van der Waals surface area (Å²) in [5.41, 5.74) is 0. The second kappa shape index (κ2) is 14.7. The van der Waals surface area contributed by atoms with Crippen molar-refractivity contribution in [1.29, 1.82) is 0 Å². The maximum Gasteiger partial charge on any atom is 0.243 e. The van der Waals surface area contributed by atoms with E-state index in [-0.39, 0.29) is 5.91 Å². The zero-order chi connectivity index (χ0) is 11.2. The van der Waals surface area contributed by atoms with Crippen LogP contribution in [0.2, 0.25) is 0 Å². The Morgan fingerprint density at radius 2 is 1.86 bits per heavy atom. The molecule has 3 heteroatoms. The highest BCUT2D eigenvalue weighted by Crippen LogP contribution is 1.96. The van der Waals surface area contributed by atoms with Crippen molar-refractivity contribution in [1.82, 2.24) is 10.6 Å². The van der Waals surface area contributed by atoms with Gasteiger partial charge in [0.2, 0.25) is 5.91 Å². The molecular formula is C11H24N2O. The highest BCUT2D eigenvalue weighted by atomic mass is 16.1. The van der Waals surface area contributed by atoms with Crippen molar-refractivity contribution in [2.45, 2.75) is 32.6 Å². The molecule has 0 unspecified atom stereocenters. The number of hydrogen-bond donors (Lipinski definition) is 2. The van der Waals surface area contributed by atoms with Crippen LogP contribution in [-0.2, 0) is 4.79 Å². The monoisotopic (exact) mass is 200 g/mol. The van der Waals surface area contributed by atoms with E-state index in [0.29, 0.717) is 0 Å². The van der Waals surface area contributed by atoms with Gasteiger partial charge < -0.3 is 10.6 Å². The summed E-state index contributed by atoms with van der Waals surface area (Å²) in [5, 5.41) is 5.48. The predicted octanol–water partition coefficient (Wildman–Crippen LogP) is 1.70. The lowest BCUT2D eigenvalue weighted by atomic mass is 10.2. The lowest BCUT2D eigenvalue weighted by Gasteiger charge is -2.00. The third kappa shape index (κ3) is 17.3. The van der Waals surface area contributed by atoms with E-state index in [1.165, 1.54) is 25.3 Å². The summed E-state index contributed by atoms with van der Waals surface area (Å²) >= 11 is 0. The lowest BCUT2D eigenvalue weighted by molar-refractivity contribution is -0.116. The molecule has 0 atom stereocenters. The number of hydrogen-bond acceptors (Lipinski definition) is 2. The number of amides is 1. The minimum Gasteiger partial charge on any atom is -0.353 e. The van der Waals surface area contributed by atoms with Crippen LogP contribution in [0.1, 0.15) is 32.6 Å². The number of nitrogens with one attached hydrogen (secondary N) is 2. The van der Waals surface area contributed by atoms with Crippen molar-refractivity contribution in [3.63, 3.8) is 0 Å². The fraction of sp³-hybridized carbons (Fsp3) is 0.727. The van der Waals surface area contributed by atoms with Crippen LogP contribution in [0.4, 0.5) is 0 Å². The second-order valence-electron chi connectivity index (χ2n) is 3.06. The molecule has 0 rings (SSSR count). The Hall–Kier alpha value is -0.830. The van der Waals surface area contributed by atoms with Gasteiger partial charge in [0.25, 0.3) is 0 Å². The van der Waals surface area contributed by atoms with Crippen LogP contribution >= 0.6 is 0 Å². The van der Waals surface area contributed by atoms with Gasteiger partial charge in [-0.05, 0) is 26.6 Å². The fourth-order valence-corrected chi connectivity index (χ4v) is 0.836. The van der Waals surface area contributed by atoms with E-state index in [1.54, 1.807) is 0 Å². The summed E-state index contributed by atoms with van der Waals surface area (Å²) < 4.78 is 0. The molecule has 0 aliphatic carbocycles. The predicted molar refractivity (Wildman–Crippen MR) is 62.3 cm³/mol. The zero-order valence-corrected chi connectivity index (χ0v) is 9.73. The Balaban J connectivity index is 0. The van der Waals surface area contributed by atoms with Crippen LogP contribution in [0.15, 0.2) is 12.7 Å². The molecule has 0 aromatic rings. The first-order valence-electron chi connectivity index (χ1n) is 5.21. The normalized spacial score (nSPS) is 8.50. The average molecular weight is 200 g/mol. The number of unbranched alkanes of at least 4 members (excludes halogenated alkanes) is 3. The molecule has 84 valence electrons. The molecule has 1 amide bonds. The van der Waals surface area contributed by atoms with Crippen LogP contribution in [0, 0.1) is 0 Å². The molecule has 0 spiro atoms. The van der Waals surface area contributed by atoms with Crippen LogP contribution in [-0.4, -0.2) is 26.5 Å². The van der Waals surface area contributed by atoms with Crippen molar-refractivity contribution in [2.75, 3.05) is 20.6 Å². The minimum absolute atomic E-state index is 0.0681. The first-order valence-corrected chi connectivity index (χ1v) is 5.21. The van der Waals surface area contributed by atoms with Gasteiger partial charge in [-0.2, -0.15) is 0 Å². The van der Waals surface area contributed by atoms with Gasteiger partial charge in [-0.25, -0.2) is 0 Å². The first kappa shape index (κ1) is 15.6. The molecule has 0 aliphatic heterocycles. The van der Waals surface area contributed by atoms with E-state index >= 15 is 0 Å². The van der Waals surface area contributed by atoms with Crippen LogP contribution in [0.25, 0.3) is 0 Å². The summed E-state index contributed by atoms with van der Waals surface area (Å²) in [6, 6.07) is 0. The van der Waals surface area contributed by atoms with Crippen LogP contribution < -0.4 is 10.6 Å². The van der Waals surface area contributed by atoms with Crippen LogP contribution in [0.3, 0.4) is 0 Å². The summed E-state index contributed by atoms with van der Waals surface area (Å²) in [7, 11) is 3.75. The van der Waals surface area contributed by atoms with Gasteiger partial charge in [0.1, 0.15) is 0 Å². The van der Waals surface area contributed by atoms with Gasteiger partial charge in [-0.3, -0.25) is 4.79 Å². The summed E-state index contributed by atoms with van der Waals surface area (Å²) in [6.45, 7) is 6.32. The second-order valence-corrected chi connectivity index (χ2v) is 3.06. The molecule has 3 nitrogen and oxygen atoms in total. The van der Waals surface area contributed by atoms with Crippen LogP contribution in [0.5, 0.6) is 0 Å². The van der Waals surface area contributed by atoms with E-state index in [9.17, 15) is 4.79 Å². The third-order valence-electron chi connectivity index (χ3n) is 1.51. The summed E-state index contributed by atoms with van der Waals surface area (Å²) in [4.78, 5) is 10.6. The maximum absolute atomic E-state index is 10.6. The van der Waals surface area contributed by atoms with Crippen molar-refractivity contribution in [3.05, 3.63) is 12.7 Å². The first-order chi connectivity index (χ1) is 6.72. The Bertz CT molecular complexity index is 135. The van der Waals surface area contributed by atoms with Gasteiger partial charge in [-0.15, -0.1) is 0 Å². The summed E-state index contributed by atoms with van der Waals surface area (Å²) in [6.07, 6.45) is 6.07. The van der Waals surface area contributed by atoms with E-state index in [4.69, 9.17) is 0 Å². The summed E-state index contributed by atoms with van der Waals surface area (Å²) in [5.74, 6) is -0.0681. The van der Waals surface area contributed by atoms with E-state index < -0.39 is 0 Å². The molecule has 0 bridgehead atoms. The fourth-order valence-electron chi connectivity index (χ4n) is 0.836. The maximum atomic E-state index is 10.6. The van der Waals surface area contributed by atoms with Gasteiger partial charge in [0.15, 0.2) is 0 Å². The highest BCUT2D eigenvalue weighted by Gasteiger charge is 1.91. The standard InChI is InChI=1S/C9H17NO.C2H7N/c1-3-5-6-7-8-10-9(11)4-2;1-3-2/h4H,2-3,5-8H2,1H3,(H,10,11);3H,1-2H3. The molecule has 0 fully saturated rings. The van der Waals surface area contributed by atoms with E-state index in [2.05, 4.69) is 24.1 Å². The highest BCUT2D eigenvalue weighted by molar-refractivity contribution is 5.86. The molecule has 0 saturated carbocycles. The molecule has 0 radical (unpaired) electrons. The van der Waals surface area contributed by atoms with Gasteiger partial charge in [0, 0.05) is 6.54 Å². The Kier molecular flexibility index (Phi) is 16.4. The van der Waals surface area contributed by atoms with Crippen molar-refractivity contribution in [3.8, 4) is 0 Å². The average Bonchev–Trinajstić information content (AvgIpc) is 2.18. The SMILES string of the molecule is C=CC(=O)NCCCCCC.CNC. The largest absolute Gasteiger partial charge is 0.353 e. The lowest BCUT2D eigenvalue weighted by Crippen LogP contribution is -2.21. The number of rotatable bonds is 6. The molecule has 14 heavy (non-hydrogen) atoms. The van der Waals surface area contributed by atoms with Crippen molar-refractivity contribution >= 4 is 5.91 Å². The minimum atomic E-state index is -0.0681. The zero-order valence-electron chi connectivity index (χ0n) is 9.73. The molecule has 0 aromatic heterocycles. The molecule has 0 saturated heterocycles. The van der Waals surface area contributed by atoms with Crippen molar-refractivity contribution in [2.24, 2.45) is 0 Å². The molecule has 0 aromatic carbocycles. The van der Waals surface area contributed by atoms with E-state index in [1.807, 2.05) is 14.1 Å². The molecule has 0 aliphatic rings. The molecular weight excluding hydrogens is 176 g/mol. The van der Waals surface area contributed by atoms with Gasteiger partial charge >= 0.3 is 0 Å². The third-order valence-corrected chi connectivity index (χ3v) is 1.51. The molecule has 0 heterocycles. The van der Waals surface area contributed by atoms with Crippen molar-refractivity contribution < 1.29 is 4.79 Å². The topological polar surface area (TPSA) is 41.1 Å². The molecule has 2 N–H and O–H groups in total. The van der Waals surface area contributed by atoms with E-state index in [0.717, 1.165) is 13.0 Å². The number of carbonyl (C=O) groups excluding carboxylic acids is 1. The van der Waals surface area contributed by atoms with Gasteiger partial charge in [0.05, 0.1) is 0 Å². The Labute approximate surface area is 88.0 Å². The smallest absolute Gasteiger partial charge is 0.243 e. The quantitative estimate of drug-likeness (QED) is 0.506. The Morgan fingerprint density at radius 3 is 2.29 bits per heavy atom. The Morgan fingerprint density at radius 1 is 1.29 bits per heavy atom. The number of carbonyl (C=O) groups is 1. The van der Waals surface area contributed by atoms with Gasteiger partial charge in [-0.1, -0.05) is 32.8 Å².